The van der Waals surface area contributed by atoms with Crippen LogP contribution in [0.25, 0.3) is 99.6 Å². The smallest absolute Gasteiger partial charge is 0.0964 e. The summed E-state index contributed by atoms with van der Waals surface area (Å²) in [5.74, 6) is 0. The molecule has 0 aliphatic heterocycles. The molecule has 12 heterocycles. The Hall–Kier alpha value is -10.9. The van der Waals surface area contributed by atoms with Crippen molar-refractivity contribution >= 4 is 99.5 Å². The van der Waals surface area contributed by atoms with E-state index in [9.17, 15) is 0 Å². The number of hydrogen-bond donors (Lipinski definition) is 6. The first-order valence-corrected chi connectivity index (χ1v) is 32.2. The van der Waals surface area contributed by atoms with Gasteiger partial charge in [-0.05, 0) is 146 Å². The molecule has 0 unspecified atom stereocenters. The predicted octanol–water partition coefficient (Wildman–Crippen LogP) is 18.6. The van der Waals surface area contributed by atoms with Gasteiger partial charge in [-0.3, -0.25) is 59.8 Å². The molecule has 6 aromatic carbocycles. The zero-order valence-corrected chi connectivity index (χ0v) is 68.1. The Balaban J connectivity index is 0.000000216. The zero-order chi connectivity index (χ0) is 70.8. The van der Waals surface area contributed by atoms with Crippen LogP contribution in [0.2, 0.25) is 0 Å². The monoisotopic (exact) mass is 1780 g/mol. The second-order valence-electron chi connectivity index (χ2n) is 21.8. The molecule has 12 aromatic heterocycles. The van der Waals surface area contributed by atoms with Crippen LogP contribution in [0.3, 0.4) is 0 Å². The van der Waals surface area contributed by atoms with Crippen LogP contribution in [0.1, 0.15) is 14.9 Å². The van der Waals surface area contributed by atoms with Gasteiger partial charge in [-0.25, -0.2) is 0 Å². The van der Waals surface area contributed by atoms with Gasteiger partial charge in [-0.2, -0.15) is 0 Å². The number of pyridine rings is 12. The summed E-state index contributed by atoms with van der Waals surface area (Å²) in [6, 6.07) is 93.0. The average molecular weight is 1780 g/mol. The molecule has 0 spiro atoms. The molecule has 21 heteroatoms. The molecule has 3 radical (unpaired) electrons. The van der Waals surface area contributed by atoms with E-state index in [0.717, 1.165) is 99.6 Å². The van der Waals surface area contributed by atoms with E-state index in [0.29, 0.717) is 34.1 Å². The third-order valence-electron chi connectivity index (χ3n) is 14.8. The second kappa shape index (κ2) is 47.5. The molecule has 107 heavy (non-hydrogen) atoms. The largest absolute Gasteiger partial charge is 0.397 e. The summed E-state index contributed by atoms with van der Waals surface area (Å²) in [5.41, 5.74) is 47.6. The average Bonchev–Trinajstić information content (AvgIpc) is 0.809. The Morgan fingerprint density at radius 2 is 0.271 bits per heavy atom. The Morgan fingerprint density at radius 1 is 0.140 bits per heavy atom. The van der Waals surface area contributed by atoms with Crippen LogP contribution in [-0.4, -0.2) is 59.8 Å². The Labute approximate surface area is 707 Å². The van der Waals surface area contributed by atoms with Crippen molar-refractivity contribution in [1.29, 1.82) is 0 Å². The molecule has 0 amide bonds. The molecule has 18 aromatic rings. The van der Waals surface area contributed by atoms with Crippen LogP contribution >= 0.6 is 0 Å². The summed E-state index contributed by atoms with van der Waals surface area (Å²) in [7, 11) is 0. The van der Waals surface area contributed by atoms with E-state index < -0.39 is 0 Å². The van der Waals surface area contributed by atoms with Gasteiger partial charge < -0.3 is 34.4 Å². The standard InChI is InChI=1S/3C12H8N2.3C10H8N2.3C6H8N2.2CH4.3La/c3*1-3-9-5-6-10-4-2-8-14-12(10)11(9)13-7-1;3*1-3-7-11-9(5-1)10-6-2-4-8-12-10;3*7-5-3-1-2-4-6(5)8;;;;;/h3*1-8H;3*1-8H;3*1-4H,7-8H2;2*1H4;;;. The number of nitrogens with two attached hydrogens (primary N) is 6. The summed E-state index contributed by atoms with van der Waals surface area (Å²) in [6.45, 7) is 0. The van der Waals surface area contributed by atoms with Gasteiger partial charge in [0.15, 0.2) is 0 Å². The van der Waals surface area contributed by atoms with Crippen molar-refractivity contribution in [2.45, 2.75) is 14.9 Å². The Kier molecular flexibility index (Phi) is 38.5. The number of nitrogens with zero attached hydrogens (tertiary/aromatic N) is 12. The first-order valence-electron chi connectivity index (χ1n) is 32.2. The third-order valence-corrected chi connectivity index (χ3v) is 14.8. The molecule has 0 aliphatic rings. The minimum absolute atomic E-state index is 0. The summed E-state index contributed by atoms with van der Waals surface area (Å²) in [6.07, 6.45) is 21.4. The number of fused-ring (bicyclic) bond motifs is 9. The van der Waals surface area contributed by atoms with Crippen LogP contribution in [0.4, 0.5) is 34.1 Å². The number of benzene rings is 6. The third kappa shape index (κ3) is 26.9. The first kappa shape index (κ1) is 86.7. The normalized spacial score (nSPS) is 9.53. The predicted molar refractivity (Wildman–Crippen MR) is 433 cm³/mol. The van der Waals surface area contributed by atoms with Gasteiger partial charge in [0.25, 0.3) is 0 Å². The van der Waals surface area contributed by atoms with Crippen LogP contribution < -0.4 is 34.4 Å². The fourth-order valence-electron chi connectivity index (χ4n) is 9.66. The van der Waals surface area contributed by atoms with Crippen LogP contribution in [0.5, 0.6) is 0 Å². The van der Waals surface area contributed by atoms with Gasteiger partial charge in [-0.15, -0.1) is 0 Å². The Bertz CT molecular complexity index is 4640. The van der Waals surface area contributed by atoms with E-state index in [4.69, 9.17) is 34.4 Å². The first-order chi connectivity index (χ1) is 50.2. The number of nitrogen functional groups attached to an aromatic ring is 6. The molecule has 0 atom stereocenters. The van der Waals surface area contributed by atoms with Crippen molar-refractivity contribution in [2.24, 2.45) is 0 Å². The van der Waals surface area contributed by atoms with E-state index in [2.05, 4.69) is 133 Å². The molecule has 0 saturated heterocycles. The maximum Gasteiger partial charge on any atom is 0.0964 e. The van der Waals surface area contributed by atoms with Gasteiger partial charge >= 0.3 is 0 Å². The molecule has 523 valence electrons. The van der Waals surface area contributed by atoms with Crippen molar-refractivity contribution < 1.29 is 107 Å². The maximum absolute atomic E-state index is 5.39. The molecule has 0 bridgehead atoms. The summed E-state index contributed by atoms with van der Waals surface area (Å²) >= 11 is 0. The van der Waals surface area contributed by atoms with Gasteiger partial charge in [0.05, 0.1) is 101 Å². The van der Waals surface area contributed by atoms with Gasteiger partial charge in [-0.1, -0.05) is 160 Å². The van der Waals surface area contributed by atoms with Gasteiger partial charge in [0.1, 0.15) is 0 Å². The quantitative estimate of drug-likeness (QED) is 0.0707. The number of anilines is 6. The molecule has 0 aliphatic carbocycles. The number of aromatic nitrogens is 12. The SMILES string of the molecule is C.C.Nc1ccccc1N.Nc1ccccc1N.Nc1ccccc1N.[La].[La].[La].c1ccc(-c2ccccn2)nc1.c1ccc(-c2ccccn2)nc1.c1ccc(-c2ccccn2)nc1.c1cnc2c(c1)ccc1cccnc12.c1cnc2c(c1)ccc1cccnc12.c1cnc2c(c1)ccc1cccnc12. The van der Waals surface area contributed by atoms with Crippen LogP contribution in [0.15, 0.2) is 366 Å². The van der Waals surface area contributed by atoms with Crippen molar-refractivity contribution in [3.05, 3.63) is 366 Å². The van der Waals surface area contributed by atoms with Gasteiger partial charge in [0.2, 0.25) is 0 Å². The second-order valence-corrected chi connectivity index (χ2v) is 21.8. The zero-order valence-electron chi connectivity index (χ0n) is 57.2. The summed E-state index contributed by atoms with van der Waals surface area (Å²) in [4.78, 5) is 51.2. The van der Waals surface area contributed by atoms with Crippen molar-refractivity contribution in [3.63, 3.8) is 0 Å². The fourth-order valence-corrected chi connectivity index (χ4v) is 9.66. The fraction of sp³-hybridized carbons (Fsp3) is 0.0233. The van der Waals surface area contributed by atoms with Crippen molar-refractivity contribution in [3.8, 4) is 34.2 Å². The van der Waals surface area contributed by atoms with E-state index in [1.165, 1.54) is 0 Å². The van der Waals surface area contributed by atoms with Crippen LogP contribution in [0, 0.1) is 107 Å². The molecule has 18 nitrogen and oxygen atoms in total. The molecular weight excluding hydrogens is 1700 g/mol. The van der Waals surface area contributed by atoms with Crippen LogP contribution in [-0.2, 0) is 0 Å². The number of rotatable bonds is 3. The maximum atomic E-state index is 5.39. The topological polar surface area (TPSA) is 311 Å². The van der Waals surface area contributed by atoms with E-state index in [1.54, 1.807) is 111 Å². The molecule has 0 saturated carbocycles. The van der Waals surface area contributed by atoms with Crippen molar-refractivity contribution in [2.75, 3.05) is 34.4 Å². The van der Waals surface area contributed by atoms with E-state index in [1.807, 2.05) is 182 Å². The molecule has 12 N–H and O–H groups in total. The van der Waals surface area contributed by atoms with E-state index >= 15 is 0 Å². The minimum atomic E-state index is 0. The Morgan fingerprint density at radius 3 is 0.393 bits per heavy atom. The molecule has 18 rings (SSSR count). The van der Waals surface area contributed by atoms with E-state index in [-0.39, 0.29) is 122 Å². The minimum Gasteiger partial charge on any atom is -0.397 e. The van der Waals surface area contributed by atoms with Crippen molar-refractivity contribution in [1.82, 2.24) is 59.8 Å². The summed E-state index contributed by atoms with van der Waals surface area (Å²) < 4.78 is 0. The molecule has 0 fully saturated rings. The number of hydrogen-bond acceptors (Lipinski definition) is 18. The van der Waals surface area contributed by atoms with Gasteiger partial charge in [0, 0.05) is 213 Å². The molecular formula is C86H80La3N18. The number of para-hydroxylation sites is 6. The summed E-state index contributed by atoms with van der Waals surface area (Å²) in [5, 5.41) is 6.83.